The molecule has 4 aromatic rings. The number of hydrogen-bond acceptors (Lipinski definition) is 2. The summed E-state index contributed by atoms with van der Waals surface area (Å²) in [7, 11) is 1.90. The number of amides is 1. The molecule has 0 radical (unpaired) electrons. The molecule has 0 spiro atoms. The highest BCUT2D eigenvalue weighted by atomic mass is 19.4. The molecule has 0 N–H and O–H groups in total. The predicted octanol–water partition coefficient (Wildman–Crippen LogP) is 6.79. The van der Waals surface area contributed by atoms with Gasteiger partial charge in [-0.1, -0.05) is 48.5 Å². The van der Waals surface area contributed by atoms with Gasteiger partial charge in [0.25, 0.3) is 5.91 Å². The molecule has 1 fully saturated rings. The second kappa shape index (κ2) is 10.6. The third-order valence-corrected chi connectivity index (χ3v) is 7.35. The van der Waals surface area contributed by atoms with Gasteiger partial charge in [-0.05, 0) is 41.8 Å². The van der Waals surface area contributed by atoms with Crippen molar-refractivity contribution in [3.05, 3.63) is 107 Å². The maximum atomic E-state index is 13.7. The number of nitrogens with zero attached hydrogens (tertiary/aromatic N) is 3. The molecule has 4 nitrogen and oxygen atoms in total. The number of benzene rings is 3. The number of hydrogen-bond donors (Lipinski definition) is 0. The molecule has 40 heavy (non-hydrogen) atoms. The molecule has 10 heteroatoms. The number of aromatic nitrogens is 1. The molecule has 2 heterocycles. The van der Waals surface area contributed by atoms with Crippen molar-refractivity contribution in [1.29, 1.82) is 0 Å². The zero-order valence-corrected chi connectivity index (χ0v) is 21.6. The van der Waals surface area contributed by atoms with Gasteiger partial charge in [0.2, 0.25) is 0 Å². The van der Waals surface area contributed by atoms with Crippen LogP contribution in [0.5, 0.6) is 0 Å². The number of rotatable bonds is 5. The second-order valence-corrected chi connectivity index (χ2v) is 10.2. The van der Waals surface area contributed by atoms with Crippen LogP contribution in [0, 0.1) is 0 Å². The summed E-state index contributed by atoms with van der Waals surface area (Å²) in [5, 5.41) is 0.982. The van der Waals surface area contributed by atoms with Crippen LogP contribution in [0.25, 0.3) is 10.9 Å². The molecule has 0 saturated carbocycles. The SMILES string of the molecule is Cn1cc(C[C@@H]2CN(Cc3ccccc3)CCN2C(=O)c2cc(C(F)(F)F)cc(C(F)(F)F)c2)c2ccccc21. The molecule has 5 rings (SSSR count). The van der Waals surface area contributed by atoms with E-state index in [1.807, 2.05) is 72.4 Å². The van der Waals surface area contributed by atoms with Crippen LogP contribution < -0.4 is 0 Å². The number of fused-ring (bicyclic) bond motifs is 1. The van der Waals surface area contributed by atoms with E-state index in [0.29, 0.717) is 38.2 Å². The summed E-state index contributed by atoms with van der Waals surface area (Å²) in [6, 6.07) is 18.1. The molecule has 1 atom stereocenters. The minimum atomic E-state index is -5.03. The van der Waals surface area contributed by atoms with Crippen molar-refractivity contribution in [2.45, 2.75) is 31.4 Å². The Morgan fingerprint density at radius 1 is 0.850 bits per heavy atom. The van der Waals surface area contributed by atoms with E-state index in [2.05, 4.69) is 4.90 Å². The van der Waals surface area contributed by atoms with E-state index in [-0.39, 0.29) is 12.6 Å². The van der Waals surface area contributed by atoms with E-state index < -0.39 is 41.0 Å². The van der Waals surface area contributed by atoms with Crippen LogP contribution in [0.15, 0.2) is 79.0 Å². The fourth-order valence-corrected chi connectivity index (χ4v) is 5.43. The van der Waals surface area contributed by atoms with Gasteiger partial charge in [-0.25, -0.2) is 0 Å². The molecule has 1 saturated heterocycles. The van der Waals surface area contributed by atoms with Gasteiger partial charge in [-0.3, -0.25) is 9.69 Å². The summed E-state index contributed by atoms with van der Waals surface area (Å²) in [5.74, 6) is -0.846. The van der Waals surface area contributed by atoms with Gasteiger partial charge in [0.15, 0.2) is 0 Å². The first-order valence-electron chi connectivity index (χ1n) is 12.8. The number of halogens is 6. The topological polar surface area (TPSA) is 28.5 Å². The summed E-state index contributed by atoms with van der Waals surface area (Å²) in [5.41, 5.74) is -0.624. The lowest BCUT2D eigenvalue weighted by atomic mass is 9.98. The maximum absolute atomic E-state index is 13.7. The molecule has 1 aliphatic rings. The highest BCUT2D eigenvalue weighted by molar-refractivity contribution is 5.95. The highest BCUT2D eigenvalue weighted by Gasteiger charge is 2.39. The van der Waals surface area contributed by atoms with E-state index in [9.17, 15) is 31.1 Å². The fourth-order valence-electron chi connectivity index (χ4n) is 5.43. The predicted molar refractivity (Wildman–Crippen MR) is 140 cm³/mol. The first kappa shape index (κ1) is 27.8. The van der Waals surface area contributed by atoms with Gasteiger partial charge in [-0.15, -0.1) is 0 Å². The smallest absolute Gasteiger partial charge is 0.350 e. The Bertz CT molecular complexity index is 1480. The summed E-state index contributed by atoms with van der Waals surface area (Å²) >= 11 is 0. The molecule has 1 amide bonds. The van der Waals surface area contributed by atoms with Crippen LogP contribution in [-0.2, 0) is 32.4 Å². The summed E-state index contributed by atoms with van der Waals surface area (Å²) in [4.78, 5) is 17.2. The highest BCUT2D eigenvalue weighted by Crippen LogP contribution is 2.37. The second-order valence-electron chi connectivity index (χ2n) is 10.2. The Kier molecular flexibility index (Phi) is 7.39. The van der Waals surface area contributed by atoms with Gasteiger partial charge in [-0.2, -0.15) is 26.3 Å². The van der Waals surface area contributed by atoms with E-state index in [1.54, 1.807) is 0 Å². The zero-order chi connectivity index (χ0) is 28.7. The van der Waals surface area contributed by atoms with Crippen LogP contribution >= 0.6 is 0 Å². The van der Waals surface area contributed by atoms with Gasteiger partial charge in [0.05, 0.1) is 11.1 Å². The minimum Gasteiger partial charge on any atom is -0.350 e. The van der Waals surface area contributed by atoms with E-state index in [4.69, 9.17) is 0 Å². The molecule has 0 unspecified atom stereocenters. The van der Waals surface area contributed by atoms with Gasteiger partial charge >= 0.3 is 12.4 Å². The van der Waals surface area contributed by atoms with Crippen molar-refractivity contribution >= 4 is 16.8 Å². The molecular weight excluding hydrogens is 532 g/mol. The standard InChI is InChI=1S/C30H27F6N3O/c1-37-18-22(26-9-5-6-10-27(26)37)15-25-19-38(17-20-7-3-2-4-8-20)11-12-39(25)28(40)21-13-23(29(31,32)33)16-24(14-21)30(34,35)36/h2-10,13-14,16,18,25H,11-12,15,17,19H2,1H3/t25-/m1/s1. The quantitative estimate of drug-likeness (QED) is 0.252. The maximum Gasteiger partial charge on any atom is 0.416 e. The molecule has 0 aliphatic carbocycles. The lowest BCUT2D eigenvalue weighted by Crippen LogP contribution is -2.55. The van der Waals surface area contributed by atoms with Crippen LogP contribution in [-0.4, -0.2) is 46.0 Å². The molecule has 3 aromatic carbocycles. The first-order valence-corrected chi connectivity index (χ1v) is 12.8. The van der Waals surface area contributed by atoms with Crippen molar-refractivity contribution in [3.8, 4) is 0 Å². The molecule has 210 valence electrons. The number of carbonyl (C=O) groups is 1. The molecular formula is C30H27F6N3O. The van der Waals surface area contributed by atoms with Crippen LogP contribution in [0.4, 0.5) is 26.3 Å². The van der Waals surface area contributed by atoms with Gasteiger partial charge in [0.1, 0.15) is 0 Å². The summed E-state index contributed by atoms with van der Waals surface area (Å²) < 4.78 is 83.0. The normalized spacial score (nSPS) is 17.0. The third-order valence-electron chi connectivity index (χ3n) is 7.35. The fraction of sp³-hybridized carbons (Fsp3) is 0.300. The zero-order valence-electron chi connectivity index (χ0n) is 21.6. The van der Waals surface area contributed by atoms with E-state index >= 15 is 0 Å². The van der Waals surface area contributed by atoms with Crippen molar-refractivity contribution in [2.75, 3.05) is 19.6 Å². The number of para-hydroxylation sites is 1. The lowest BCUT2D eigenvalue weighted by molar-refractivity contribution is -0.143. The monoisotopic (exact) mass is 559 g/mol. The molecule has 0 bridgehead atoms. The van der Waals surface area contributed by atoms with Gasteiger partial charge < -0.3 is 9.47 Å². The number of piperazine rings is 1. The Labute approximate surface area is 227 Å². The first-order chi connectivity index (χ1) is 18.9. The number of carbonyl (C=O) groups excluding carboxylic acids is 1. The Balaban J connectivity index is 1.50. The number of alkyl halides is 6. The Hall–Kier alpha value is -3.79. The summed E-state index contributed by atoms with van der Waals surface area (Å²) in [6.07, 6.45) is -7.72. The van der Waals surface area contributed by atoms with E-state index in [1.165, 1.54) is 4.90 Å². The van der Waals surface area contributed by atoms with Crippen LogP contribution in [0.2, 0.25) is 0 Å². The Morgan fingerprint density at radius 2 is 1.48 bits per heavy atom. The van der Waals surface area contributed by atoms with Crippen LogP contribution in [0.1, 0.15) is 32.6 Å². The summed E-state index contributed by atoms with van der Waals surface area (Å²) in [6.45, 7) is 1.61. The van der Waals surface area contributed by atoms with Crippen molar-refractivity contribution in [2.24, 2.45) is 7.05 Å². The Morgan fingerprint density at radius 3 is 2.12 bits per heavy atom. The van der Waals surface area contributed by atoms with Gasteiger partial charge in [0, 0.05) is 61.9 Å². The molecule has 1 aromatic heterocycles. The molecule has 1 aliphatic heterocycles. The average molecular weight is 560 g/mol. The largest absolute Gasteiger partial charge is 0.416 e. The van der Waals surface area contributed by atoms with Crippen LogP contribution in [0.3, 0.4) is 0 Å². The number of aryl methyl sites for hydroxylation is 1. The van der Waals surface area contributed by atoms with E-state index in [0.717, 1.165) is 22.0 Å². The van der Waals surface area contributed by atoms with Crippen molar-refractivity contribution < 1.29 is 31.1 Å². The van der Waals surface area contributed by atoms with Crippen molar-refractivity contribution in [1.82, 2.24) is 14.4 Å². The lowest BCUT2D eigenvalue weighted by Gasteiger charge is -2.42. The third kappa shape index (κ3) is 5.86. The minimum absolute atomic E-state index is 0.0438. The van der Waals surface area contributed by atoms with Crippen molar-refractivity contribution in [3.63, 3.8) is 0 Å². The average Bonchev–Trinajstić information content (AvgIpc) is 3.23.